The highest BCUT2D eigenvalue weighted by Crippen LogP contribution is 2.36. The number of aromatic nitrogens is 1. The van der Waals surface area contributed by atoms with Gasteiger partial charge in [-0.15, -0.1) is 0 Å². The van der Waals surface area contributed by atoms with Crippen molar-refractivity contribution in [1.29, 1.82) is 0 Å². The van der Waals surface area contributed by atoms with Gasteiger partial charge in [-0.2, -0.15) is 5.10 Å². The van der Waals surface area contributed by atoms with Gasteiger partial charge >= 0.3 is 5.97 Å². The molecule has 0 amide bonds. The molecule has 0 atom stereocenters. The number of rotatable bonds is 7. The standard InChI is InChI=1S/C16H16BrN3O4/c1-3-24-13-7-10(6-12(17)15(13)23-2)8-19-20-14-5-4-11(9-18-14)16(21)22/h4-9H,3H2,1-2H3,(H,18,20)(H,21,22)/b19-8+. The van der Waals surface area contributed by atoms with Crippen molar-refractivity contribution >= 4 is 33.9 Å². The maximum atomic E-state index is 10.8. The van der Waals surface area contributed by atoms with Gasteiger partial charge in [0, 0.05) is 6.20 Å². The largest absolute Gasteiger partial charge is 0.492 e. The number of pyridine rings is 1. The van der Waals surface area contributed by atoms with E-state index in [2.05, 4.69) is 31.4 Å². The lowest BCUT2D eigenvalue weighted by molar-refractivity contribution is 0.0696. The molecule has 126 valence electrons. The normalized spacial score (nSPS) is 10.6. The van der Waals surface area contributed by atoms with Crippen LogP contribution in [0.3, 0.4) is 0 Å². The van der Waals surface area contributed by atoms with Gasteiger partial charge in [-0.05, 0) is 52.7 Å². The average Bonchev–Trinajstić information content (AvgIpc) is 2.55. The number of carbonyl (C=O) groups is 1. The topological polar surface area (TPSA) is 93.0 Å². The monoisotopic (exact) mass is 393 g/mol. The zero-order chi connectivity index (χ0) is 17.5. The second-order valence-electron chi connectivity index (χ2n) is 4.57. The molecule has 24 heavy (non-hydrogen) atoms. The second-order valence-corrected chi connectivity index (χ2v) is 5.43. The molecular formula is C16H16BrN3O4. The van der Waals surface area contributed by atoms with Gasteiger partial charge in [-0.25, -0.2) is 9.78 Å². The molecule has 0 fully saturated rings. The number of carboxylic acids is 1. The SMILES string of the molecule is CCOc1cc(/C=N/Nc2ccc(C(=O)O)cn2)cc(Br)c1OC. The summed E-state index contributed by atoms with van der Waals surface area (Å²) >= 11 is 3.43. The zero-order valence-electron chi connectivity index (χ0n) is 13.1. The van der Waals surface area contributed by atoms with Gasteiger partial charge in [-0.3, -0.25) is 5.43 Å². The summed E-state index contributed by atoms with van der Waals surface area (Å²) in [7, 11) is 1.57. The minimum atomic E-state index is -1.02. The third-order valence-electron chi connectivity index (χ3n) is 2.94. The van der Waals surface area contributed by atoms with E-state index in [0.717, 1.165) is 10.0 Å². The molecule has 0 spiro atoms. The van der Waals surface area contributed by atoms with Crippen LogP contribution in [0.4, 0.5) is 5.82 Å². The first-order valence-corrected chi connectivity index (χ1v) is 7.83. The Hall–Kier alpha value is -2.61. The van der Waals surface area contributed by atoms with E-state index in [1.807, 2.05) is 13.0 Å². The van der Waals surface area contributed by atoms with Crippen molar-refractivity contribution in [3.63, 3.8) is 0 Å². The molecule has 0 aliphatic carbocycles. The van der Waals surface area contributed by atoms with Crippen LogP contribution in [0.5, 0.6) is 11.5 Å². The Morgan fingerprint density at radius 2 is 2.25 bits per heavy atom. The Balaban J connectivity index is 2.12. The minimum Gasteiger partial charge on any atom is -0.492 e. The number of methoxy groups -OCH3 is 1. The van der Waals surface area contributed by atoms with E-state index in [-0.39, 0.29) is 5.56 Å². The van der Waals surface area contributed by atoms with Gasteiger partial charge in [-0.1, -0.05) is 0 Å². The van der Waals surface area contributed by atoms with E-state index in [9.17, 15) is 4.79 Å². The van der Waals surface area contributed by atoms with Gasteiger partial charge < -0.3 is 14.6 Å². The number of hydrazone groups is 1. The third kappa shape index (κ3) is 4.45. The van der Waals surface area contributed by atoms with Crippen molar-refractivity contribution in [1.82, 2.24) is 4.98 Å². The molecule has 2 rings (SSSR count). The first kappa shape index (κ1) is 17.7. The van der Waals surface area contributed by atoms with Crippen LogP contribution < -0.4 is 14.9 Å². The van der Waals surface area contributed by atoms with Crippen LogP contribution in [-0.4, -0.2) is 36.0 Å². The highest BCUT2D eigenvalue weighted by Gasteiger charge is 2.10. The molecule has 0 saturated heterocycles. The lowest BCUT2D eigenvalue weighted by Crippen LogP contribution is -2.00. The summed E-state index contributed by atoms with van der Waals surface area (Å²) in [6.45, 7) is 2.41. The van der Waals surface area contributed by atoms with E-state index < -0.39 is 5.97 Å². The van der Waals surface area contributed by atoms with E-state index in [1.165, 1.54) is 18.3 Å². The summed E-state index contributed by atoms with van der Waals surface area (Å²) in [6, 6.07) is 6.63. The van der Waals surface area contributed by atoms with E-state index >= 15 is 0 Å². The van der Waals surface area contributed by atoms with E-state index in [0.29, 0.717) is 23.9 Å². The number of anilines is 1. The van der Waals surface area contributed by atoms with Crippen LogP contribution in [0.1, 0.15) is 22.8 Å². The molecule has 8 heteroatoms. The smallest absolute Gasteiger partial charge is 0.337 e. The number of nitrogens with one attached hydrogen (secondary N) is 1. The molecule has 0 aliphatic heterocycles. The predicted octanol–water partition coefficient (Wildman–Crippen LogP) is 3.40. The summed E-state index contributed by atoms with van der Waals surface area (Å²) in [5, 5.41) is 12.9. The van der Waals surface area contributed by atoms with Crippen LogP contribution in [0.15, 0.2) is 40.0 Å². The van der Waals surface area contributed by atoms with E-state index in [1.54, 1.807) is 19.4 Å². The molecule has 0 bridgehead atoms. The average molecular weight is 394 g/mol. The lowest BCUT2D eigenvalue weighted by atomic mass is 10.2. The Morgan fingerprint density at radius 1 is 1.46 bits per heavy atom. The Morgan fingerprint density at radius 3 is 2.83 bits per heavy atom. The summed E-state index contributed by atoms with van der Waals surface area (Å²) in [5.74, 6) is 0.644. The van der Waals surface area contributed by atoms with Gasteiger partial charge in [0.1, 0.15) is 5.82 Å². The molecule has 2 N–H and O–H groups in total. The fourth-order valence-electron chi connectivity index (χ4n) is 1.88. The second kappa shape index (κ2) is 8.30. The number of hydrogen-bond donors (Lipinski definition) is 2. The fraction of sp³-hybridized carbons (Fsp3) is 0.188. The molecule has 1 aromatic heterocycles. The van der Waals surface area contributed by atoms with Crippen LogP contribution in [0.2, 0.25) is 0 Å². The number of ether oxygens (including phenoxy) is 2. The van der Waals surface area contributed by atoms with Crippen molar-refractivity contribution in [2.45, 2.75) is 6.92 Å². The van der Waals surface area contributed by atoms with Gasteiger partial charge in [0.15, 0.2) is 11.5 Å². The molecular weight excluding hydrogens is 378 g/mol. The number of halogens is 1. The Kier molecular flexibility index (Phi) is 6.14. The zero-order valence-corrected chi connectivity index (χ0v) is 14.7. The summed E-state index contributed by atoms with van der Waals surface area (Å²) < 4.78 is 11.6. The van der Waals surface area contributed by atoms with Crippen LogP contribution >= 0.6 is 15.9 Å². The van der Waals surface area contributed by atoms with Crippen molar-refractivity contribution in [3.05, 3.63) is 46.1 Å². The van der Waals surface area contributed by atoms with Crippen LogP contribution in [-0.2, 0) is 0 Å². The number of carboxylic acid groups (broad SMARTS) is 1. The summed E-state index contributed by atoms with van der Waals surface area (Å²) in [4.78, 5) is 14.7. The molecule has 0 saturated carbocycles. The van der Waals surface area contributed by atoms with Crippen molar-refractivity contribution < 1.29 is 19.4 Å². The van der Waals surface area contributed by atoms with Crippen LogP contribution in [0.25, 0.3) is 0 Å². The van der Waals surface area contributed by atoms with Gasteiger partial charge in [0.05, 0.1) is 30.0 Å². The molecule has 1 heterocycles. The highest BCUT2D eigenvalue weighted by atomic mass is 79.9. The molecule has 2 aromatic rings. The maximum absolute atomic E-state index is 10.8. The third-order valence-corrected chi connectivity index (χ3v) is 3.53. The minimum absolute atomic E-state index is 0.116. The van der Waals surface area contributed by atoms with Gasteiger partial charge in [0.2, 0.25) is 0 Å². The molecule has 0 radical (unpaired) electrons. The Labute approximate surface area is 147 Å². The first-order valence-electron chi connectivity index (χ1n) is 7.04. The molecule has 1 aromatic carbocycles. The van der Waals surface area contributed by atoms with Crippen molar-refractivity contribution in [2.75, 3.05) is 19.1 Å². The quantitative estimate of drug-likeness (QED) is 0.553. The summed E-state index contributed by atoms with van der Waals surface area (Å²) in [5.41, 5.74) is 3.64. The highest BCUT2D eigenvalue weighted by molar-refractivity contribution is 9.10. The van der Waals surface area contributed by atoms with Crippen LogP contribution in [0, 0.1) is 0 Å². The Bertz CT molecular complexity index is 748. The van der Waals surface area contributed by atoms with Gasteiger partial charge in [0.25, 0.3) is 0 Å². The number of benzene rings is 1. The number of nitrogens with zero attached hydrogens (tertiary/aromatic N) is 2. The molecule has 0 aliphatic rings. The number of aromatic carboxylic acids is 1. The predicted molar refractivity (Wildman–Crippen MR) is 94.3 cm³/mol. The van der Waals surface area contributed by atoms with Crippen molar-refractivity contribution in [3.8, 4) is 11.5 Å². The fourth-order valence-corrected chi connectivity index (χ4v) is 2.50. The van der Waals surface area contributed by atoms with E-state index in [4.69, 9.17) is 14.6 Å². The maximum Gasteiger partial charge on any atom is 0.337 e. The number of hydrogen-bond acceptors (Lipinski definition) is 6. The summed E-state index contributed by atoms with van der Waals surface area (Å²) in [6.07, 6.45) is 2.86. The molecule has 7 nitrogen and oxygen atoms in total. The first-order chi connectivity index (χ1) is 11.5. The molecule has 0 unspecified atom stereocenters. The lowest BCUT2D eigenvalue weighted by Gasteiger charge is -2.11. The van der Waals surface area contributed by atoms with Crippen molar-refractivity contribution in [2.24, 2.45) is 5.10 Å².